The van der Waals surface area contributed by atoms with Crippen LogP contribution in [-0.4, -0.2) is 69.2 Å². The molecule has 3 aromatic rings. The SMILES string of the molecule is Cc1onc(-c2c(F)cccc2Cl)c1C(=O)N1CCC2(CC1)NC(Cc1ccccc1)C(=O)N2CC(=O)O. The van der Waals surface area contributed by atoms with E-state index in [1.165, 1.54) is 23.1 Å². The summed E-state index contributed by atoms with van der Waals surface area (Å²) in [6.45, 7) is 1.61. The van der Waals surface area contributed by atoms with Gasteiger partial charge in [-0.2, -0.15) is 0 Å². The van der Waals surface area contributed by atoms with Gasteiger partial charge in [0.05, 0.1) is 22.3 Å². The third-order valence-corrected chi connectivity index (χ3v) is 7.57. The van der Waals surface area contributed by atoms with Crippen LogP contribution in [0.15, 0.2) is 53.1 Å². The lowest BCUT2D eigenvalue weighted by Crippen LogP contribution is -2.60. The molecule has 9 nitrogen and oxygen atoms in total. The molecule has 11 heteroatoms. The van der Waals surface area contributed by atoms with Crippen LogP contribution < -0.4 is 5.32 Å². The third kappa shape index (κ3) is 4.65. The summed E-state index contributed by atoms with van der Waals surface area (Å²) in [6.07, 6.45) is 1.07. The van der Waals surface area contributed by atoms with E-state index >= 15 is 0 Å². The molecule has 38 heavy (non-hydrogen) atoms. The molecule has 0 bridgehead atoms. The van der Waals surface area contributed by atoms with Crippen molar-refractivity contribution in [3.63, 3.8) is 0 Å². The molecular formula is C27H26ClFN4O5. The second-order valence-electron chi connectivity index (χ2n) is 9.59. The van der Waals surface area contributed by atoms with Crippen molar-refractivity contribution >= 4 is 29.4 Å². The predicted octanol–water partition coefficient (Wildman–Crippen LogP) is 3.50. The number of hydrogen-bond donors (Lipinski definition) is 2. The first-order valence-corrected chi connectivity index (χ1v) is 12.6. The van der Waals surface area contributed by atoms with Gasteiger partial charge < -0.3 is 19.4 Å². The van der Waals surface area contributed by atoms with Crippen molar-refractivity contribution in [3.05, 3.63) is 76.3 Å². The molecule has 3 heterocycles. The Bertz CT molecular complexity index is 1370. The van der Waals surface area contributed by atoms with Gasteiger partial charge in [0, 0.05) is 25.9 Å². The lowest BCUT2D eigenvalue weighted by molar-refractivity contribution is -0.147. The topological polar surface area (TPSA) is 116 Å². The first kappa shape index (κ1) is 25.9. The van der Waals surface area contributed by atoms with E-state index in [2.05, 4.69) is 10.5 Å². The standard InChI is InChI=1S/C27H26ClFN4O5/c1-16-22(24(31-38-16)23-18(28)8-5-9-19(23)29)26(37)32-12-10-27(11-13-32)30-20(14-17-6-3-2-4-7-17)25(36)33(27)15-21(34)35/h2-9,20,30H,10-15H2,1H3,(H,34,35). The molecule has 1 atom stereocenters. The number of aliphatic carboxylic acids is 1. The van der Waals surface area contributed by atoms with Crippen molar-refractivity contribution in [2.24, 2.45) is 0 Å². The maximum absolute atomic E-state index is 14.6. The summed E-state index contributed by atoms with van der Waals surface area (Å²) in [5.74, 6) is -2.18. The Morgan fingerprint density at radius 2 is 1.89 bits per heavy atom. The molecule has 0 radical (unpaired) electrons. The van der Waals surface area contributed by atoms with E-state index in [-0.39, 0.29) is 46.6 Å². The van der Waals surface area contributed by atoms with Gasteiger partial charge in [0.1, 0.15) is 29.4 Å². The quantitative estimate of drug-likeness (QED) is 0.491. The number of nitrogens with one attached hydrogen (secondary N) is 1. The normalized spacial score (nSPS) is 18.8. The summed E-state index contributed by atoms with van der Waals surface area (Å²) in [5.41, 5.74) is 0.198. The number of aromatic nitrogens is 1. The van der Waals surface area contributed by atoms with Crippen LogP contribution in [0.25, 0.3) is 11.3 Å². The van der Waals surface area contributed by atoms with E-state index in [0.717, 1.165) is 5.56 Å². The Labute approximate surface area is 223 Å². The average molecular weight is 541 g/mol. The van der Waals surface area contributed by atoms with Crippen molar-refractivity contribution < 1.29 is 28.4 Å². The zero-order valence-electron chi connectivity index (χ0n) is 20.6. The number of likely N-dealkylation sites (tertiary alicyclic amines) is 1. The van der Waals surface area contributed by atoms with Gasteiger partial charge in [0.2, 0.25) is 5.91 Å². The number of rotatable bonds is 6. The number of piperidine rings is 1. The number of halogens is 2. The van der Waals surface area contributed by atoms with Crippen LogP contribution in [0, 0.1) is 12.7 Å². The molecule has 5 rings (SSSR count). The predicted molar refractivity (Wildman–Crippen MR) is 136 cm³/mol. The van der Waals surface area contributed by atoms with Gasteiger partial charge >= 0.3 is 5.97 Å². The number of hydrogen-bond acceptors (Lipinski definition) is 6. The average Bonchev–Trinajstić information content (AvgIpc) is 3.37. The first-order valence-electron chi connectivity index (χ1n) is 12.2. The molecule has 2 saturated heterocycles. The van der Waals surface area contributed by atoms with Crippen molar-refractivity contribution in [1.82, 2.24) is 20.3 Å². The largest absolute Gasteiger partial charge is 0.480 e. The summed E-state index contributed by atoms with van der Waals surface area (Å²) in [5, 5.41) is 16.9. The Balaban J connectivity index is 1.37. The second kappa shape index (κ2) is 10.2. The molecule has 0 saturated carbocycles. The lowest BCUT2D eigenvalue weighted by Gasteiger charge is -2.44. The van der Waals surface area contributed by atoms with Gasteiger partial charge in [-0.05, 0) is 31.0 Å². The van der Waals surface area contributed by atoms with Crippen LogP contribution in [0.4, 0.5) is 4.39 Å². The van der Waals surface area contributed by atoms with E-state index < -0.39 is 35.9 Å². The van der Waals surface area contributed by atoms with Crippen LogP contribution in [0.3, 0.4) is 0 Å². The van der Waals surface area contributed by atoms with Crippen molar-refractivity contribution in [1.29, 1.82) is 0 Å². The molecule has 2 N–H and O–H groups in total. The van der Waals surface area contributed by atoms with E-state index in [9.17, 15) is 23.9 Å². The molecule has 2 amide bonds. The molecule has 0 aliphatic carbocycles. The van der Waals surface area contributed by atoms with Crippen LogP contribution >= 0.6 is 11.6 Å². The Hall–Kier alpha value is -3.76. The van der Waals surface area contributed by atoms with Gasteiger partial charge in [0.25, 0.3) is 5.91 Å². The fourth-order valence-electron chi connectivity index (χ4n) is 5.39. The molecule has 2 aliphatic heterocycles. The molecule has 1 unspecified atom stereocenters. The number of carbonyl (C=O) groups is 3. The number of amides is 2. The van der Waals surface area contributed by atoms with Crippen molar-refractivity contribution in [2.75, 3.05) is 19.6 Å². The summed E-state index contributed by atoms with van der Waals surface area (Å²) < 4.78 is 19.9. The van der Waals surface area contributed by atoms with Gasteiger partial charge in [0.15, 0.2) is 0 Å². The van der Waals surface area contributed by atoms with Crippen LogP contribution in [0.1, 0.15) is 34.5 Å². The third-order valence-electron chi connectivity index (χ3n) is 7.25. The number of carboxylic acids is 1. The minimum absolute atomic E-state index is 0.0118. The van der Waals surface area contributed by atoms with E-state index in [0.29, 0.717) is 19.3 Å². The Morgan fingerprint density at radius 1 is 1.18 bits per heavy atom. The van der Waals surface area contributed by atoms with Gasteiger partial charge in [-0.1, -0.05) is 53.2 Å². The summed E-state index contributed by atoms with van der Waals surface area (Å²) in [7, 11) is 0. The fraction of sp³-hybridized carbons (Fsp3) is 0.333. The highest BCUT2D eigenvalue weighted by atomic mass is 35.5. The number of nitrogens with zero attached hydrogens (tertiary/aromatic N) is 3. The number of benzene rings is 2. The maximum atomic E-state index is 14.6. The molecule has 2 fully saturated rings. The van der Waals surface area contributed by atoms with E-state index in [1.807, 2.05) is 30.3 Å². The second-order valence-corrected chi connectivity index (χ2v) is 9.99. The smallest absolute Gasteiger partial charge is 0.323 e. The molecular weight excluding hydrogens is 515 g/mol. The van der Waals surface area contributed by atoms with E-state index in [1.54, 1.807) is 11.8 Å². The molecule has 198 valence electrons. The highest BCUT2D eigenvalue weighted by Gasteiger charge is 2.52. The fourth-order valence-corrected chi connectivity index (χ4v) is 5.64. The molecule has 2 aromatic carbocycles. The number of carbonyl (C=O) groups excluding carboxylic acids is 2. The van der Waals surface area contributed by atoms with Crippen LogP contribution in [-0.2, 0) is 16.0 Å². The summed E-state index contributed by atoms with van der Waals surface area (Å²) in [6, 6.07) is 13.1. The summed E-state index contributed by atoms with van der Waals surface area (Å²) in [4.78, 5) is 41.5. The van der Waals surface area contributed by atoms with Gasteiger partial charge in [-0.25, -0.2) is 4.39 Å². The highest BCUT2D eigenvalue weighted by molar-refractivity contribution is 6.33. The van der Waals surface area contributed by atoms with Crippen molar-refractivity contribution in [2.45, 2.75) is 37.9 Å². The first-order chi connectivity index (χ1) is 18.2. The monoisotopic (exact) mass is 540 g/mol. The van der Waals surface area contributed by atoms with Crippen molar-refractivity contribution in [3.8, 4) is 11.3 Å². The minimum atomic E-state index is -1.11. The molecule has 2 aliphatic rings. The minimum Gasteiger partial charge on any atom is -0.480 e. The highest BCUT2D eigenvalue weighted by Crippen LogP contribution is 2.37. The van der Waals surface area contributed by atoms with E-state index in [4.69, 9.17) is 16.1 Å². The Morgan fingerprint density at radius 3 is 2.55 bits per heavy atom. The zero-order chi connectivity index (χ0) is 27.0. The van der Waals surface area contributed by atoms with Gasteiger partial charge in [-0.15, -0.1) is 0 Å². The number of carboxylic acid groups (broad SMARTS) is 1. The van der Waals surface area contributed by atoms with Crippen LogP contribution in [0.5, 0.6) is 0 Å². The number of aryl methyl sites for hydroxylation is 1. The van der Waals surface area contributed by atoms with Gasteiger partial charge in [-0.3, -0.25) is 19.7 Å². The molecule has 1 spiro atoms. The molecule has 1 aromatic heterocycles. The maximum Gasteiger partial charge on any atom is 0.323 e. The zero-order valence-corrected chi connectivity index (χ0v) is 21.4. The summed E-state index contributed by atoms with van der Waals surface area (Å²) >= 11 is 6.22. The lowest BCUT2D eigenvalue weighted by atomic mass is 9.94. The Kier molecular flexibility index (Phi) is 6.93. The van der Waals surface area contributed by atoms with Crippen LogP contribution in [0.2, 0.25) is 5.02 Å².